The normalized spacial score (nSPS) is 20.6. The Hall–Kier alpha value is -3.90. The first kappa shape index (κ1) is 33.6. The lowest BCUT2D eigenvalue weighted by atomic mass is 9.61. The number of benzene rings is 1. The van der Waals surface area contributed by atoms with Crippen molar-refractivity contribution in [3.8, 4) is 17.2 Å². The molecule has 1 amide bonds. The van der Waals surface area contributed by atoms with Crippen LogP contribution in [0, 0.1) is 11.2 Å². The van der Waals surface area contributed by atoms with Gasteiger partial charge in [-0.1, -0.05) is 0 Å². The second kappa shape index (κ2) is 14.1. The Morgan fingerprint density at radius 3 is 2.65 bits per heavy atom. The van der Waals surface area contributed by atoms with Gasteiger partial charge in [-0.05, 0) is 83.8 Å². The number of hydrogen-bond donors (Lipinski definition) is 0. The number of fused-ring (bicyclic) bond motifs is 1. The summed E-state index contributed by atoms with van der Waals surface area (Å²) < 4.78 is 40.7. The number of anilines is 1. The molecular formula is C37H47F2N7O3. The number of aromatic nitrogens is 3. The van der Waals surface area contributed by atoms with E-state index >= 15 is 0 Å². The number of alkyl halides is 1. The summed E-state index contributed by atoms with van der Waals surface area (Å²) in [7, 11) is 0. The summed E-state index contributed by atoms with van der Waals surface area (Å²) in [6.07, 6.45) is 8.96. The smallest absolute Gasteiger partial charge is 0.257 e. The Balaban J connectivity index is 0.947. The first-order valence-corrected chi connectivity index (χ1v) is 17.8. The molecule has 1 atom stereocenters. The lowest BCUT2D eigenvalue weighted by Crippen LogP contribution is -2.65. The van der Waals surface area contributed by atoms with Crippen molar-refractivity contribution < 1.29 is 23.0 Å². The largest absolute Gasteiger partial charge is 0.490 e. The number of amides is 1. The Kier molecular flexibility index (Phi) is 9.70. The molecule has 1 aromatic carbocycles. The molecule has 3 fully saturated rings. The summed E-state index contributed by atoms with van der Waals surface area (Å²) in [5.74, 6) is 1.52. The number of halogens is 2. The molecule has 2 saturated heterocycles. The van der Waals surface area contributed by atoms with Crippen LogP contribution in [0.15, 0.2) is 43.0 Å². The molecule has 1 spiro atoms. The van der Waals surface area contributed by atoms with Gasteiger partial charge in [0.25, 0.3) is 5.91 Å². The van der Waals surface area contributed by atoms with Gasteiger partial charge in [-0.2, -0.15) is 0 Å². The third kappa shape index (κ3) is 7.21. The fraction of sp³-hybridized carbons (Fsp3) is 0.568. The molecule has 0 N–H and O–H groups in total. The Morgan fingerprint density at radius 2 is 1.90 bits per heavy atom. The van der Waals surface area contributed by atoms with Crippen LogP contribution < -0.4 is 14.4 Å². The predicted molar refractivity (Wildman–Crippen MR) is 182 cm³/mol. The monoisotopic (exact) mass is 675 g/mol. The fourth-order valence-corrected chi connectivity index (χ4v) is 8.01. The number of nitrogens with zero attached hydrogens (tertiary/aromatic N) is 7. The summed E-state index contributed by atoms with van der Waals surface area (Å²) in [4.78, 5) is 35.3. The third-order valence-corrected chi connectivity index (χ3v) is 10.6. The number of hydrogen-bond acceptors (Lipinski definition) is 9. The molecule has 3 aromatic rings. The number of ether oxygens (including phenoxy) is 2. The van der Waals surface area contributed by atoms with Gasteiger partial charge in [-0.25, -0.2) is 18.7 Å². The van der Waals surface area contributed by atoms with Gasteiger partial charge in [0, 0.05) is 81.1 Å². The van der Waals surface area contributed by atoms with Crippen LogP contribution in [0.2, 0.25) is 0 Å². The minimum atomic E-state index is -0.665. The zero-order valence-electron chi connectivity index (χ0n) is 28.8. The maximum absolute atomic E-state index is 14.3. The summed E-state index contributed by atoms with van der Waals surface area (Å²) in [5, 5.41) is 0. The van der Waals surface area contributed by atoms with Crippen molar-refractivity contribution in [2.75, 3.05) is 57.3 Å². The Labute approximate surface area is 287 Å². The van der Waals surface area contributed by atoms with Crippen molar-refractivity contribution in [3.63, 3.8) is 0 Å². The molecule has 262 valence electrons. The van der Waals surface area contributed by atoms with Crippen LogP contribution in [0.5, 0.6) is 17.2 Å². The molecule has 1 saturated carbocycles. The fourth-order valence-electron chi connectivity index (χ4n) is 8.01. The molecule has 7 rings (SSSR count). The summed E-state index contributed by atoms with van der Waals surface area (Å²) >= 11 is 0. The van der Waals surface area contributed by atoms with Gasteiger partial charge in [0.05, 0.1) is 11.8 Å². The molecule has 0 unspecified atom stereocenters. The minimum absolute atomic E-state index is 0.0428. The van der Waals surface area contributed by atoms with Gasteiger partial charge in [0.1, 0.15) is 35.9 Å². The van der Waals surface area contributed by atoms with E-state index in [2.05, 4.69) is 29.7 Å². The number of pyridine rings is 1. The lowest BCUT2D eigenvalue weighted by molar-refractivity contribution is -0.0352. The van der Waals surface area contributed by atoms with E-state index in [1.165, 1.54) is 30.1 Å². The van der Waals surface area contributed by atoms with Crippen LogP contribution in [0.25, 0.3) is 0 Å². The first-order chi connectivity index (χ1) is 23.7. The van der Waals surface area contributed by atoms with Crippen molar-refractivity contribution in [2.24, 2.45) is 5.41 Å². The Morgan fingerprint density at radius 1 is 1.08 bits per heavy atom. The van der Waals surface area contributed by atoms with E-state index in [4.69, 9.17) is 9.47 Å². The van der Waals surface area contributed by atoms with Crippen LogP contribution >= 0.6 is 0 Å². The van der Waals surface area contributed by atoms with Gasteiger partial charge in [-0.3, -0.25) is 14.7 Å². The topological polar surface area (TPSA) is 87.2 Å². The molecular weight excluding hydrogens is 628 g/mol. The highest BCUT2D eigenvalue weighted by Gasteiger charge is 2.54. The van der Waals surface area contributed by atoms with Gasteiger partial charge in [0.15, 0.2) is 11.6 Å². The van der Waals surface area contributed by atoms with E-state index < -0.39 is 12.0 Å². The van der Waals surface area contributed by atoms with E-state index in [-0.39, 0.29) is 34.8 Å². The molecule has 1 aliphatic carbocycles. The minimum Gasteiger partial charge on any atom is -0.490 e. The SMILES string of the molecule is CCN(C(=O)c1cc(F)ccc1Oc1cncnc1N1CC2(CC(Oc3ccnc4c3CN(CCCN3CC[C@H](F)C3)CC4)C2)C1)C(C)C. The number of carbonyl (C=O) groups is 1. The standard InChI is InChI=1S/C37H47F2N7O3/c1-4-46(25(2)3)36(47)29-16-26(38)6-7-32(29)49-34-19-40-24-42-35(34)45-22-37(23-45)17-28(18-37)48-33-8-11-41-31-10-15-44(21-30(31)33)13-5-12-43-14-9-27(39)20-43/h6-8,11,16,19,24-25,27-28H,4-5,9-10,12-15,17-18,20-23H2,1-3H3/t27-/m0/s1. The van der Waals surface area contributed by atoms with Crippen LogP contribution in [-0.2, 0) is 13.0 Å². The zero-order valence-corrected chi connectivity index (χ0v) is 28.8. The number of rotatable bonds is 12. The van der Waals surface area contributed by atoms with Gasteiger partial charge in [0.2, 0.25) is 0 Å². The van der Waals surface area contributed by atoms with Gasteiger partial charge < -0.3 is 24.2 Å². The zero-order chi connectivity index (χ0) is 34.1. The van der Waals surface area contributed by atoms with Crippen LogP contribution in [0.3, 0.4) is 0 Å². The van der Waals surface area contributed by atoms with Crippen molar-refractivity contribution >= 4 is 11.7 Å². The molecule has 10 nitrogen and oxygen atoms in total. The second-order valence-corrected chi connectivity index (χ2v) is 14.4. The highest BCUT2D eigenvalue weighted by Crippen LogP contribution is 2.52. The second-order valence-electron chi connectivity index (χ2n) is 14.4. The molecule has 12 heteroatoms. The van der Waals surface area contributed by atoms with Crippen molar-refractivity contribution in [2.45, 2.75) is 77.7 Å². The number of likely N-dealkylation sites (tertiary alicyclic amines) is 1. The van der Waals surface area contributed by atoms with Crippen molar-refractivity contribution in [1.29, 1.82) is 0 Å². The predicted octanol–water partition coefficient (Wildman–Crippen LogP) is 5.51. The lowest BCUT2D eigenvalue weighted by Gasteiger charge is -2.59. The molecule has 0 radical (unpaired) electrons. The van der Waals surface area contributed by atoms with Gasteiger partial charge in [-0.15, -0.1) is 0 Å². The highest BCUT2D eigenvalue weighted by atomic mass is 19.1. The maximum Gasteiger partial charge on any atom is 0.257 e. The molecule has 5 heterocycles. The van der Waals surface area contributed by atoms with Crippen LogP contribution in [0.1, 0.15) is 68.1 Å². The third-order valence-electron chi connectivity index (χ3n) is 10.6. The van der Waals surface area contributed by atoms with E-state index in [0.29, 0.717) is 31.1 Å². The van der Waals surface area contributed by atoms with E-state index in [0.717, 1.165) is 82.9 Å². The quantitative estimate of drug-likeness (QED) is 0.247. The molecule has 0 bridgehead atoms. The van der Waals surface area contributed by atoms with E-state index in [9.17, 15) is 13.6 Å². The first-order valence-electron chi connectivity index (χ1n) is 17.8. The summed E-state index contributed by atoms with van der Waals surface area (Å²) in [5.41, 5.74) is 2.65. The average Bonchev–Trinajstić information content (AvgIpc) is 3.47. The molecule has 49 heavy (non-hydrogen) atoms. The molecule has 2 aromatic heterocycles. The van der Waals surface area contributed by atoms with Crippen LogP contribution in [0.4, 0.5) is 14.6 Å². The summed E-state index contributed by atoms with van der Waals surface area (Å²) in [6.45, 7) is 13.1. The summed E-state index contributed by atoms with van der Waals surface area (Å²) in [6, 6.07) is 5.98. The van der Waals surface area contributed by atoms with Crippen molar-refractivity contribution in [3.05, 3.63) is 65.6 Å². The van der Waals surface area contributed by atoms with Crippen molar-refractivity contribution in [1.82, 2.24) is 29.7 Å². The molecule has 3 aliphatic heterocycles. The number of carbonyl (C=O) groups excluding carboxylic acids is 1. The van der Waals surface area contributed by atoms with E-state index in [1.807, 2.05) is 33.0 Å². The molecule has 4 aliphatic rings. The highest BCUT2D eigenvalue weighted by molar-refractivity contribution is 5.97. The van der Waals surface area contributed by atoms with E-state index in [1.54, 1.807) is 11.1 Å². The van der Waals surface area contributed by atoms with Gasteiger partial charge >= 0.3 is 0 Å². The maximum atomic E-state index is 14.3. The van der Waals surface area contributed by atoms with Crippen LogP contribution in [-0.4, -0.2) is 106 Å². The average molecular weight is 676 g/mol. The Bertz CT molecular complexity index is 1640.